The second-order valence-corrected chi connectivity index (χ2v) is 17.5. The van der Waals surface area contributed by atoms with Crippen LogP contribution in [0.1, 0.15) is 46.6 Å². The van der Waals surface area contributed by atoms with Gasteiger partial charge in [-0.1, -0.05) is 27.4 Å². The number of rotatable bonds is 13. The van der Waals surface area contributed by atoms with Gasteiger partial charge in [-0.25, -0.2) is 9.59 Å². The molecule has 41 heavy (non-hydrogen) atoms. The molecule has 11 nitrogen and oxygen atoms in total. The summed E-state index contributed by atoms with van der Waals surface area (Å²) in [5.41, 5.74) is 1.29. The number of methoxy groups -OCH3 is 1. The summed E-state index contributed by atoms with van der Waals surface area (Å²) in [4.78, 5) is 50.3. The largest absolute Gasteiger partial charge is 0.508 e. The molecule has 0 radical (unpaired) electrons. The second kappa shape index (κ2) is 14.1. The molecule has 0 aromatic heterocycles. The van der Waals surface area contributed by atoms with E-state index in [0.717, 1.165) is 0 Å². The van der Waals surface area contributed by atoms with E-state index >= 15 is 0 Å². The molecule has 0 spiro atoms. The molecule has 13 heteroatoms. The van der Waals surface area contributed by atoms with Crippen LogP contribution in [0.5, 0.6) is 0 Å². The standard InChI is InChI=1S/C28H40N2O9SSi/c1-18(2)23(26(32)36-7)29-24(31)22(25(29)40-19(3)16-39-41(8,9)28(4,5)6)14-15-37-27(33)38-17-20-10-12-21(13-11-20)30(34)35/h10-13,22,25H,3,14-17H2,1-2,4-9H3/t22-,25+/m0/s1. The molecule has 226 valence electrons. The van der Waals surface area contributed by atoms with Crippen molar-refractivity contribution in [1.82, 2.24) is 4.90 Å². The van der Waals surface area contributed by atoms with E-state index in [1.54, 1.807) is 13.8 Å². The molecule has 0 saturated carbocycles. The maximum Gasteiger partial charge on any atom is 0.508 e. The number of amides is 1. The van der Waals surface area contributed by atoms with Gasteiger partial charge in [-0.2, -0.15) is 0 Å². The Labute approximate surface area is 246 Å². The highest BCUT2D eigenvalue weighted by Crippen LogP contribution is 2.44. The van der Waals surface area contributed by atoms with Crippen LogP contribution in [0.3, 0.4) is 0 Å². The Balaban J connectivity index is 2.04. The number of thioether (sulfide) groups is 1. The lowest BCUT2D eigenvalue weighted by atomic mass is 9.93. The van der Waals surface area contributed by atoms with E-state index in [4.69, 9.17) is 18.6 Å². The second-order valence-electron chi connectivity index (χ2n) is 11.4. The highest BCUT2D eigenvalue weighted by molar-refractivity contribution is 8.03. The number of hydrogen-bond donors (Lipinski definition) is 0. The molecule has 1 aliphatic heterocycles. The number of carbonyl (C=O) groups excluding carboxylic acids is 3. The van der Waals surface area contributed by atoms with Crippen LogP contribution in [-0.4, -0.2) is 61.9 Å². The van der Waals surface area contributed by atoms with Gasteiger partial charge in [0.05, 0.1) is 36.5 Å². The number of esters is 1. The molecule has 1 saturated heterocycles. The van der Waals surface area contributed by atoms with E-state index in [9.17, 15) is 24.5 Å². The summed E-state index contributed by atoms with van der Waals surface area (Å²) in [6.45, 7) is 18.4. The number of nitro groups is 1. The van der Waals surface area contributed by atoms with Crippen molar-refractivity contribution in [3.05, 3.63) is 62.7 Å². The number of non-ortho nitro benzene ring substituents is 1. The average Bonchev–Trinajstić information content (AvgIpc) is 2.89. The molecular weight excluding hydrogens is 568 g/mol. The monoisotopic (exact) mass is 608 g/mol. The minimum absolute atomic E-state index is 0.0173. The Kier molecular flexibility index (Phi) is 11.7. The number of nitro benzene ring substituents is 1. The first-order valence-electron chi connectivity index (χ1n) is 13.1. The molecule has 1 heterocycles. The Bertz CT molecular complexity index is 1190. The van der Waals surface area contributed by atoms with Crippen molar-refractivity contribution in [1.29, 1.82) is 0 Å². The van der Waals surface area contributed by atoms with Crippen molar-refractivity contribution in [2.24, 2.45) is 5.92 Å². The summed E-state index contributed by atoms with van der Waals surface area (Å²) < 4.78 is 21.5. The van der Waals surface area contributed by atoms with E-state index in [1.807, 2.05) is 0 Å². The van der Waals surface area contributed by atoms with Gasteiger partial charge in [0.25, 0.3) is 5.69 Å². The van der Waals surface area contributed by atoms with Crippen LogP contribution in [-0.2, 0) is 34.8 Å². The van der Waals surface area contributed by atoms with Crippen LogP contribution in [0.2, 0.25) is 18.1 Å². The zero-order valence-electron chi connectivity index (χ0n) is 25.0. The number of β-lactam (4-membered cyclic amide) rings is 1. The van der Waals surface area contributed by atoms with E-state index in [2.05, 4.69) is 40.4 Å². The van der Waals surface area contributed by atoms with Gasteiger partial charge in [-0.05, 0) is 61.7 Å². The molecule has 1 aromatic carbocycles. The number of ether oxygens (including phenoxy) is 3. The van der Waals surface area contributed by atoms with Crippen molar-refractivity contribution in [2.75, 3.05) is 20.3 Å². The number of carbonyl (C=O) groups is 3. The molecule has 0 unspecified atom stereocenters. The minimum atomic E-state index is -2.04. The molecule has 2 atom stereocenters. The van der Waals surface area contributed by atoms with Crippen LogP contribution >= 0.6 is 11.8 Å². The molecule has 1 fully saturated rings. The fourth-order valence-corrected chi connectivity index (χ4v) is 5.92. The summed E-state index contributed by atoms with van der Waals surface area (Å²) in [5.74, 6) is -1.45. The highest BCUT2D eigenvalue weighted by Gasteiger charge is 2.51. The van der Waals surface area contributed by atoms with Crippen molar-refractivity contribution in [3.8, 4) is 0 Å². The molecule has 2 rings (SSSR count). The zero-order valence-corrected chi connectivity index (χ0v) is 26.8. The van der Waals surface area contributed by atoms with Gasteiger partial charge in [0, 0.05) is 17.0 Å². The van der Waals surface area contributed by atoms with Gasteiger partial charge in [0.2, 0.25) is 5.91 Å². The Morgan fingerprint density at radius 2 is 1.76 bits per heavy atom. The van der Waals surface area contributed by atoms with Crippen molar-refractivity contribution in [3.63, 3.8) is 0 Å². The SMILES string of the molecule is C=C(CO[Si](C)(C)C(C)(C)C)S[C@@H]1[C@@H](CCOC(=O)OCc2ccc([N+](=O)[O-])cc2)C(=O)N1C(C(=O)OC)=C(C)C. The molecule has 1 amide bonds. The number of allylic oxidation sites excluding steroid dienone is 1. The highest BCUT2D eigenvalue weighted by atomic mass is 32.2. The van der Waals surface area contributed by atoms with Crippen molar-refractivity contribution < 1.29 is 37.9 Å². The van der Waals surface area contributed by atoms with Gasteiger partial charge in [-0.15, -0.1) is 11.8 Å². The predicted molar refractivity (Wildman–Crippen MR) is 158 cm³/mol. The van der Waals surface area contributed by atoms with Crippen LogP contribution in [0.15, 0.2) is 47.0 Å². The molecule has 1 aromatic rings. The van der Waals surface area contributed by atoms with Crippen LogP contribution in [0.25, 0.3) is 0 Å². The maximum absolute atomic E-state index is 13.2. The quantitative estimate of drug-likeness (QED) is 0.0640. The first-order chi connectivity index (χ1) is 19.0. The summed E-state index contributed by atoms with van der Waals surface area (Å²) in [6, 6.07) is 5.60. The number of nitrogens with zero attached hydrogens (tertiary/aromatic N) is 2. The minimum Gasteiger partial charge on any atom is -0.464 e. The topological polar surface area (TPSA) is 135 Å². The molecular formula is C28H40N2O9SSi. The van der Waals surface area contributed by atoms with Gasteiger partial charge in [-0.3, -0.25) is 19.8 Å². The Hall–Kier alpha value is -3.16. The predicted octanol–water partition coefficient (Wildman–Crippen LogP) is 6.16. The van der Waals surface area contributed by atoms with Crippen LogP contribution < -0.4 is 0 Å². The van der Waals surface area contributed by atoms with E-state index < -0.39 is 36.7 Å². The van der Waals surface area contributed by atoms with Gasteiger partial charge in [0.15, 0.2) is 8.32 Å². The Morgan fingerprint density at radius 3 is 2.27 bits per heavy atom. The Morgan fingerprint density at radius 1 is 1.15 bits per heavy atom. The van der Waals surface area contributed by atoms with Gasteiger partial charge in [0.1, 0.15) is 12.3 Å². The van der Waals surface area contributed by atoms with E-state index in [-0.39, 0.29) is 42.0 Å². The fourth-order valence-electron chi connectivity index (χ4n) is 3.65. The summed E-state index contributed by atoms with van der Waals surface area (Å²) >= 11 is 1.35. The molecule has 1 aliphatic rings. The number of likely N-dealkylation sites (tertiary alicyclic amines) is 1. The number of hydrogen-bond acceptors (Lipinski definition) is 10. The van der Waals surface area contributed by atoms with Gasteiger partial charge < -0.3 is 18.6 Å². The summed E-state index contributed by atoms with van der Waals surface area (Å²) in [7, 11) is -0.774. The van der Waals surface area contributed by atoms with E-state index in [0.29, 0.717) is 22.6 Å². The van der Waals surface area contributed by atoms with Gasteiger partial charge >= 0.3 is 12.1 Å². The third-order valence-corrected chi connectivity index (χ3v) is 12.8. The third kappa shape index (κ3) is 8.91. The van der Waals surface area contributed by atoms with E-state index in [1.165, 1.54) is 48.0 Å². The normalized spacial score (nSPS) is 16.9. The molecule has 0 bridgehead atoms. The van der Waals surface area contributed by atoms with Crippen molar-refractivity contribution in [2.45, 2.75) is 71.2 Å². The number of benzene rings is 1. The average molecular weight is 609 g/mol. The molecule has 0 aliphatic carbocycles. The lowest BCUT2D eigenvalue weighted by Crippen LogP contribution is -2.60. The van der Waals surface area contributed by atoms with Crippen molar-refractivity contribution >= 4 is 43.8 Å². The zero-order chi connectivity index (χ0) is 31.1. The van der Waals surface area contributed by atoms with Crippen LogP contribution in [0, 0.1) is 16.0 Å². The fraction of sp³-hybridized carbons (Fsp3) is 0.536. The summed E-state index contributed by atoms with van der Waals surface area (Å²) in [6.07, 6.45) is -0.726. The lowest BCUT2D eigenvalue weighted by molar-refractivity contribution is -0.384. The smallest absolute Gasteiger partial charge is 0.464 e. The maximum atomic E-state index is 13.2. The molecule has 0 N–H and O–H groups in total. The lowest BCUT2D eigenvalue weighted by Gasteiger charge is -2.47. The van der Waals surface area contributed by atoms with Crippen LogP contribution in [0.4, 0.5) is 10.5 Å². The first-order valence-corrected chi connectivity index (χ1v) is 16.9. The summed E-state index contributed by atoms with van der Waals surface area (Å²) in [5, 5.41) is 10.3. The third-order valence-electron chi connectivity index (χ3n) is 7.09. The first kappa shape index (κ1) is 34.0.